The molecule has 3 rings (SSSR count). The van der Waals surface area contributed by atoms with Crippen LogP contribution in [0.25, 0.3) is 0 Å². The lowest BCUT2D eigenvalue weighted by Crippen LogP contribution is -2.20. The minimum Gasteiger partial charge on any atom is -0.485 e. The van der Waals surface area contributed by atoms with Crippen molar-refractivity contribution in [2.45, 2.75) is 32.5 Å². The average molecular weight is 272 g/mol. The van der Waals surface area contributed by atoms with E-state index in [0.29, 0.717) is 17.7 Å². The number of halogens is 1. The lowest BCUT2D eigenvalue weighted by Gasteiger charge is -2.30. The zero-order chi connectivity index (χ0) is 14.3. The molecule has 3 heteroatoms. The number of hydrogen-bond acceptors (Lipinski definition) is 2. The van der Waals surface area contributed by atoms with Crippen LogP contribution in [-0.2, 0) is 0 Å². The Bertz CT molecular complexity index is 651. The van der Waals surface area contributed by atoms with Crippen LogP contribution in [-0.4, -0.2) is 5.11 Å². The molecule has 1 N–H and O–H groups in total. The summed E-state index contributed by atoms with van der Waals surface area (Å²) in [4.78, 5) is 0. The van der Waals surface area contributed by atoms with Crippen LogP contribution in [0.2, 0.25) is 0 Å². The van der Waals surface area contributed by atoms with E-state index in [1.807, 2.05) is 32.0 Å². The summed E-state index contributed by atoms with van der Waals surface area (Å²) in [7, 11) is 0. The van der Waals surface area contributed by atoms with Gasteiger partial charge in [-0.1, -0.05) is 23.3 Å². The second kappa shape index (κ2) is 4.91. The molecule has 0 fully saturated rings. The van der Waals surface area contributed by atoms with Crippen molar-refractivity contribution in [3.8, 4) is 5.75 Å². The van der Waals surface area contributed by atoms with Gasteiger partial charge in [0, 0.05) is 17.5 Å². The van der Waals surface area contributed by atoms with E-state index in [1.165, 1.54) is 6.07 Å². The van der Waals surface area contributed by atoms with E-state index in [-0.39, 0.29) is 5.82 Å². The Balaban J connectivity index is 1.99. The van der Waals surface area contributed by atoms with E-state index in [2.05, 4.69) is 0 Å². The highest BCUT2D eigenvalue weighted by molar-refractivity contribution is 5.41. The van der Waals surface area contributed by atoms with Crippen molar-refractivity contribution >= 4 is 0 Å². The molecule has 2 atom stereocenters. The van der Waals surface area contributed by atoms with Crippen LogP contribution < -0.4 is 4.74 Å². The van der Waals surface area contributed by atoms with Crippen LogP contribution in [0.4, 0.5) is 4.39 Å². The van der Waals surface area contributed by atoms with Gasteiger partial charge < -0.3 is 9.84 Å². The van der Waals surface area contributed by atoms with Gasteiger partial charge in [-0.2, -0.15) is 0 Å². The number of fused-ring (bicyclic) bond motifs is 1. The van der Waals surface area contributed by atoms with Crippen molar-refractivity contribution in [2.75, 3.05) is 0 Å². The normalized spacial score (nSPS) is 21.2. The third kappa shape index (κ3) is 2.29. The first-order valence-corrected chi connectivity index (χ1v) is 6.76. The molecule has 2 nitrogen and oxygen atoms in total. The molecule has 0 amide bonds. The maximum Gasteiger partial charge on any atom is 0.130 e. The van der Waals surface area contributed by atoms with Crippen LogP contribution in [0.5, 0.6) is 5.75 Å². The number of ether oxygens (including phenoxy) is 1. The van der Waals surface area contributed by atoms with E-state index < -0.39 is 12.2 Å². The van der Waals surface area contributed by atoms with Crippen LogP contribution in [0.3, 0.4) is 0 Å². The molecule has 1 aliphatic heterocycles. The molecule has 0 aliphatic carbocycles. The molecule has 0 spiro atoms. The van der Waals surface area contributed by atoms with Crippen LogP contribution in [0.1, 0.15) is 40.9 Å². The molecule has 1 heterocycles. The van der Waals surface area contributed by atoms with Gasteiger partial charge in [0.25, 0.3) is 0 Å². The third-order valence-electron chi connectivity index (χ3n) is 3.73. The van der Waals surface area contributed by atoms with Gasteiger partial charge in [0.2, 0.25) is 0 Å². The summed E-state index contributed by atoms with van der Waals surface area (Å²) in [5.41, 5.74) is 3.35. The Morgan fingerprint density at radius 1 is 1.05 bits per heavy atom. The lowest BCUT2D eigenvalue weighted by atomic mass is 9.93. The van der Waals surface area contributed by atoms with Crippen molar-refractivity contribution in [3.05, 3.63) is 64.5 Å². The molecule has 2 aromatic rings. The summed E-state index contributed by atoms with van der Waals surface area (Å²) in [5.74, 6) is 0.351. The monoisotopic (exact) mass is 272 g/mol. The SMILES string of the molecule is Cc1ccc2c(c1)C(O)CC(c1cc(C)ccc1F)O2. The van der Waals surface area contributed by atoms with E-state index >= 15 is 0 Å². The molecule has 2 unspecified atom stereocenters. The van der Waals surface area contributed by atoms with Gasteiger partial charge in [-0.05, 0) is 38.1 Å². The first-order chi connectivity index (χ1) is 9.54. The van der Waals surface area contributed by atoms with Gasteiger partial charge in [-0.3, -0.25) is 0 Å². The van der Waals surface area contributed by atoms with Crippen molar-refractivity contribution in [1.29, 1.82) is 0 Å². The summed E-state index contributed by atoms with van der Waals surface area (Å²) < 4.78 is 19.8. The van der Waals surface area contributed by atoms with Crippen LogP contribution >= 0.6 is 0 Å². The van der Waals surface area contributed by atoms with Crippen LogP contribution in [0.15, 0.2) is 36.4 Å². The van der Waals surface area contributed by atoms with Gasteiger partial charge in [0.15, 0.2) is 0 Å². The number of rotatable bonds is 1. The standard InChI is InChI=1S/C17H17FO2/c1-10-3-5-14(18)12(7-10)17-9-15(19)13-8-11(2)4-6-16(13)20-17/h3-8,15,17,19H,9H2,1-2H3. The predicted molar refractivity (Wildman–Crippen MR) is 75.3 cm³/mol. The fourth-order valence-corrected chi connectivity index (χ4v) is 2.67. The zero-order valence-corrected chi connectivity index (χ0v) is 11.6. The molecule has 0 saturated carbocycles. The maximum absolute atomic E-state index is 14.0. The Labute approximate surface area is 117 Å². The molecule has 0 radical (unpaired) electrons. The summed E-state index contributed by atoms with van der Waals surface area (Å²) in [6.45, 7) is 3.89. The number of benzene rings is 2. The number of aryl methyl sites for hydroxylation is 2. The molecule has 0 bridgehead atoms. The van der Waals surface area contributed by atoms with Crippen LogP contribution in [0, 0.1) is 19.7 Å². The highest BCUT2D eigenvalue weighted by Gasteiger charge is 2.29. The van der Waals surface area contributed by atoms with Gasteiger partial charge in [0.05, 0.1) is 6.10 Å². The maximum atomic E-state index is 14.0. The fourth-order valence-electron chi connectivity index (χ4n) is 2.67. The molecule has 1 aliphatic rings. The summed E-state index contributed by atoms with van der Waals surface area (Å²) in [6.07, 6.45) is -0.694. The molecule has 0 saturated heterocycles. The number of aliphatic hydroxyl groups excluding tert-OH is 1. The topological polar surface area (TPSA) is 29.5 Å². The van der Waals surface area contributed by atoms with Gasteiger partial charge in [0.1, 0.15) is 17.7 Å². The lowest BCUT2D eigenvalue weighted by molar-refractivity contribution is 0.0639. The van der Waals surface area contributed by atoms with E-state index in [0.717, 1.165) is 16.7 Å². The first-order valence-electron chi connectivity index (χ1n) is 6.76. The smallest absolute Gasteiger partial charge is 0.130 e. The highest BCUT2D eigenvalue weighted by Crippen LogP contribution is 2.41. The third-order valence-corrected chi connectivity index (χ3v) is 3.73. The second-order valence-electron chi connectivity index (χ2n) is 5.42. The predicted octanol–water partition coefficient (Wildman–Crippen LogP) is 4.00. The quantitative estimate of drug-likeness (QED) is 0.850. The Hall–Kier alpha value is -1.87. The molecule has 20 heavy (non-hydrogen) atoms. The molecule has 2 aromatic carbocycles. The molecular weight excluding hydrogens is 255 g/mol. The van der Waals surface area contributed by atoms with E-state index in [9.17, 15) is 9.50 Å². The van der Waals surface area contributed by atoms with Crippen molar-refractivity contribution in [1.82, 2.24) is 0 Å². The Morgan fingerprint density at radius 2 is 1.70 bits per heavy atom. The highest BCUT2D eigenvalue weighted by atomic mass is 19.1. The minimum absolute atomic E-state index is 0.289. The van der Waals surface area contributed by atoms with Crippen molar-refractivity contribution < 1.29 is 14.2 Å². The summed E-state index contributed by atoms with van der Waals surface area (Å²) in [5, 5.41) is 10.3. The molecule has 0 aromatic heterocycles. The van der Waals surface area contributed by atoms with Crippen molar-refractivity contribution in [2.24, 2.45) is 0 Å². The first kappa shape index (κ1) is 13.1. The molecule has 104 valence electrons. The summed E-state index contributed by atoms with van der Waals surface area (Å²) >= 11 is 0. The van der Waals surface area contributed by atoms with E-state index in [4.69, 9.17) is 4.74 Å². The number of aliphatic hydroxyl groups is 1. The summed E-state index contributed by atoms with van der Waals surface area (Å²) in [6, 6.07) is 10.7. The second-order valence-corrected chi connectivity index (χ2v) is 5.42. The van der Waals surface area contributed by atoms with E-state index in [1.54, 1.807) is 12.1 Å². The van der Waals surface area contributed by atoms with Gasteiger partial charge in [-0.25, -0.2) is 4.39 Å². The van der Waals surface area contributed by atoms with Gasteiger partial charge in [-0.15, -0.1) is 0 Å². The Kier molecular flexibility index (Phi) is 3.22. The fraction of sp³-hybridized carbons (Fsp3) is 0.294. The Morgan fingerprint density at radius 3 is 2.45 bits per heavy atom. The van der Waals surface area contributed by atoms with Crippen molar-refractivity contribution in [3.63, 3.8) is 0 Å². The average Bonchev–Trinajstić information content (AvgIpc) is 2.42. The number of hydrogen-bond donors (Lipinski definition) is 1. The van der Waals surface area contributed by atoms with Gasteiger partial charge >= 0.3 is 0 Å². The minimum atomic E-state index is -0.622. The molecular formula is C17H17FO2. The zero-order valence-electron chi connectivity index (χ0n) is 11.6. The largest absolute Gasteiger partial charge is 0.485 e.